The summed E-state index contributed by atoms with van der Waals surface area (Å²) in [6.45, 7) is 7.76. The van der Waals surface area contributed by atoms with Gasteiger partial charge < -0.3 is 25.5 Å². The SMILES string of the molecule is CC(=O)CC(=O)C(CO)C(CCO)CC1CC(=O)c2c(O)c(NCc3ccc(C(C)(C)C)cc3)cc(N(C)C)c2C1. The molecule has 1 aliphatic carbocycles. The number of ketones is 3. The van der Waals surface area contributed by atoms with Gasteiger partial charge in [0.25, 0.3) is 0 Å². The van der Waals surface area contributed by atoms with Gasteiger partial charge in [0.05, 0.1) is 24.3 Å². The highest BCUT2D eigenvalue weighted by molar-refractivity contribution is 6.04. The van der Waals surface area contributed by atoms with Crippen molar-refractivity contribution in [1.82, 2.24) is 0 Å². The maximum absolute atomic E-state index is 13.5. The molecule has 0 saturated heterocycles. The van der Waals surface area contributed by atoms with Crippen molar-refractivity contribution >= 4 is 28.7 Å². The van der Waals surface area contributed by atoms with Gasteiger partial charge in [0.1, 0.15) is 17.3 Å². The van der Waals surface area contributed by atoms with Crippen LogP contribution < -0.4 is 10.2 Å². The molecule has 2 aromatic rings. The topological polar surface area (TPSA) is 127 Å². The second kappa shape index (κ2) is 13.6. The Kier molecular flexibility index (Phi) is 10.7. The molecule has 0 bridgehead atoms. The average molecular weight is 567 g/mol. The zero-order valence-electron chi connectivity index (χ0n) is 25.3. The molecule has 3 unspecified atom stereocenters. The van der Waals surface area contributed by atoms with Gasteiger partial charge in [0, 0.05) is 45.3 Å². The van der Waals surface area contributed by atoms with Crippen molar-refractivity contribution in [3.63, 3.8) is 0 Å². The number of anilines is 2. The predicted octanol–water partition coefficient (Wildman–Crippen LogP) is 4.66. The van der Waals surface area contributed by atoms with E-state index in [2.05, 4.69) is 50.4 Å². The van der Waals surface area contributed by atoms with E-state index in [-0.39, 0.29) is 66.2 Å². The van der Waals surface area contributed by atoms with Crippen LogP contribution in [-0.2, 0) is 28.0 Å². The van der Waals surface area contributed by atoms with Gasteiger partial charge in [-0.3, -0.25) is 14.4 Å². The largest absolute Gasteiger partial charge is 0.505 e. The number of aliphatic hydroxyl groups is 2. The number of carbonyl (C=O) groups is 3. The highest BCUT2D eigenvalue weighted by Crippen LogP contribution is 2.44. The Balaban J connectivity index is 1.86. The third-order valence-corrected chi connectivity index (χ3v) is 8.15. The third kappa shape index (κ3) is 7.95. The Hall–Kier alpha value is -3.23. The Bertz CT molecular complexity index is 1250. The summed E-state index contributed by atoms with van der Waals surface area (Å²) in [5, 5.41) is 34.2. The zero-order chi connectivity index (χ0) is 30.5. The van der Waals surface area contributed by atoms with Gasteiger partial charge in [-0.15, -0.1) is 0 Å². The second-order valence-electron chi connectivity index (χ2n) is 12.7. The van der Waals surface area contributed by atoms with Gasteiger partial charge in [-0.25, -0.2) is 0 Å². The number of benzene rings is 2. The van der Waals surface area contributed by atoms with E-state index in [1.54, 1.807) is 0 Å². The highest BCUT2D eigenvalue weighted by atomic mass is 16.3. The van der Waals surface area contributed by atoms with Gasteiger partial charge in [-0.05, 0) is 66.2 Å². The molecule has 3 atom stereocenters. The van der Waals surface area contributed by atoms with Crippen LogP contribution in [-0.4, -0.2) is 60.0 Å². The fraction of sp³-hybridized carbons (Fsp3) is 0.545. The number of phenols is 1. The second-order valence-corrected chi connectivity index (χ2v) is 12.7. The summed E-state index contributed by atoms with van der Waals surface area (Å²) >= 11 is 0. The molecule has 0 aliphatic heterocycles. The summed E-state index contributed by atoms with van der Waals surface area (Å²) in [6, 6.07) is 10.2. The molecule has 0 radical (unpaired) electrons. The molecule has 0 saturated carbocycles. The Labute approximate surface area is 243 Å². The zero-order valence-corrected chi connectivity index (χ0v) is 25.3. The molecule has 0 heterocycles. The number of aromatic hydroxyl groups is 1. The van der Waals surface area contributed by atoms with Crippen LogP contribution in [0.5, 0.6) is 5.75 Å². The predicted molar refractivity (Wildman–Crippen MR) is 162 cm³/mol. The summed E-state index contributed by atoms with van der Waals surface area (Å²) in [7, 11) is 3.79. The summed E-state index contributed by atoms with van der Waals surface area (Å²) in [4.78, 5) is 39.6. The fourth-order valence-corrected chi connectivity index (χ4v) is 5.92. The number of hydrogen-bond donors (Lipinski definition) is 4. The number of rotatable bonds is 13. The van der Waals surface area contributed by atoms with Gasteiger partial charge in [0.2, 0.25) is 0 Å². The average Bonchev–Trinajstić information content (AvgIpc) is 2.87. The van der Waals surface area contributed by atoms with Crippen molar-refractivity contribution in [2.45, 2.75) is 71.8 Å². The number of fused-ring (bicyclic) bond motifs is 1. The van der Waals surface area contributed by atoms with Crippen LogP contribution in [0.4, 0.5) is 11.4 Å². The maximum Gasteiger partial charge on any atom is 0.167 e. The molecular weight excluding hydrogens is 520 g/mol. The Morgan fingerprint density at radius 2 is 1.76 bits per heavy atom. The van der Waals surface area contributed by atoms with Gasteiger partial charge >= 0.3 is 0 Å². The first-order chi connectivity index (χ1) is 19.3. The van der Waals surface area contributed by atoms with E-state index in [1.165, 1.54) is 12.5 Å². The number of Topliss-reactive ketones (excluding diaryl/α,β-unsaturated/α-hetero) is 3. The van der Waals surface area contributed by atoms with Gasteiger partial charge in [-0.1, -0.05) is 45.0 Å². The van der Waals surface area contributed by atoms with Crippen LogP contribution in [0.25, 0.3) is 0 Å². The van der Waals surface area contributed by atoms with E-state index in [9.17, 15) is 29.7 Å². The van der Waals surface area contributed by atoms with E-state index in [0.29, 0.717) is 30.6 Å². The molecule has 1 aliphatic rings. The third-order valence-electron chi connectivity index (χ3n) is 8.15. The molecule has 3 rings (SSSR count). The lowest BCUT2D eigenvalue weighted by Gasteiger charge is -2.33. The van der Waals surface area contributed by atoms with Crippen LogP contribution in [0, 0.1) is 17.8 Å². The summed E-state index contributed by atoms with van der Waals surface area (Å²) < 4.78 is 0. The van der Waals surface area contributed by atoms with Crippen molar-refractivity contribution in [3.05, 3.63) is 52.6 Å². The smallest absolute Gasteiger partial charge is 0.167 e. The molecule has 8 nitrogen and oxygen atoms in total. The van der Waals surface area contributed by atoms with Crippen LogP contribution in [0.2, 0.25) is 0 Å². The minimum absolute atomic E-state index is 0.0582. The van der Waals surface area contributed by atoms with Crippen molar-refractivity contribution < 1.29 is 29.7 Å². The number of hydrogen-bond acceptors (Lipinski definition) is 8. The normalized spacial score (nSPS) is 16.6. The van der Waals surface area contributed by atoms with Crippen LogP contribution in [0.1, 0.15) is 80.4 Å². The molecule has 4 N–H and O–H groups in total. The Morgan fingerprint density at radius 3 is 2.29 bits per heavy atom. The van der Waals surface area contributed by atoms with Crippen LogP contribution in [0.3, 0.4) is 0 Å². The van der Waals surface area contributed by atoms with E-state index < -0.39 is 12.5 Å². The molecule has 0 amide bonds. The van der Waals surface area contributed by atoms with Gasteiger partial charge in [0.15, 0.2) is 5.78 Å². The molecular formula is C33H46N2O6. The summed E-state index contributed by atoms with van der Waals surface area (Å²) in [5.41, 5.74) is 4.75. The minimum atomic E-state index is -0.770. The van der Waals surface area contributed by atoms with E-state index in [1.807, 2.05) is 25.1 Å². The Morgan fingerprint density at radius 1 is 1.10 bits per heavy atom. The molecule has 0 aromatic heterocycles. The van der Waals surface area contributed by atoms with Crippen LogP contribution in [0.15, 0.2) is 30.3 Å². The van der Waals surface area contributed by atoms with Crippen LogP contribution >= 0.6 is 0 Å². The monoisotopic (exact) mass is 566 g/mol. The quantitative estimate of drug-likeness (QED) is 0.204. The lowest BCUT2D eigenvalue weighted by Crippen LogP contribution is -2.33. The van der Waals surface area contributed by atoms with E-state index in [4.69, 9.17) is 0 Å². The van der Waals surface area contributed by atoms with Gasteiger partial charge in [-0.2, -0.15) is 0 Å². The number of nitrogens with one attached hydrogen (secondary N) is 1. The minimum Gasteiger partial charge on any atom is -0.505 e. The molecule has 0 spiro atoms. The first-order valence-electron chi connectivity index (χ1n) is 14.4. The molecule has 224 valence electrons. The van der Waals surface area contributed by atoms with Crippen molar-refractivity contribution in [2.75, 3.05) is 37.5 Å². The van der Waals surface area contributed by atoms with Crippen molar-refractivity contribution in [3.8, 4) is 5.75 Å². The lowest BCUT2D eigenvalue weighted by atomic mass is 9.73. The molecule has 8 heteroatoms. The number of carbonyl (C=O) groups excluding carboxylic acids is 3. The first kappa shape index (κ1) is 32.3. The number of phenolic OH excluding ortho intramolecular Hbond substituents is 1. The molecule has 41 heavy (non-hydrogen) atoms. The standard InChI is InChI=1S/C33H46N2O6/c1-20(38)13-29(39)26(19-37)23(11-12-36)14-22-15-25-28(35(5)6)17-27(32(41)31(25)30(40)16-22)34-18-21-7-9-24(10-8-21)33(2,3)4/h7-10,17,22-23,26,34,36-37,41H,11-16,18-19H2,1-6H3. The number of nitrogens with zero attached hydrogens (tertiary/aromatic N) is 1. The lowest BCUT2D eigenvalue weighted by molar-refractivity contribution is -0.131. The van der Waals surface area contributed by atoms with E-state index in [0.717, 1.165) is 16.8 Å². The van der Waals surface area contributed by atoms with Crippen molar-refractivity contribution in [1.29, 1.82) is 0 Å². The van der Waals surface area contributed by atoms with Crippen molar-refractivity contribution in [2.24, 2.45) is 17.8 Å². The fourth-order valence-electron chi connectivity index (χ4n) is 5.92. The molecule has 0 fully saturated rings. The maximum atomic E-state index is 13.5. The summed E-state index contributed by atoms with van der Waals surface area (Å²) in [6.07, 6.45) is 1.18. The molecule has 2 aromatic carbocycles. The van der Waals surface area contributed by atoms with E-state index >= 15 is 0 Å². The highest BCUT2D eigenvalue weighted by Gasteiger charge is 2.36. The first-order valence-corrected chi connectivity index (χ1v) is 14.4. The summed E-state index contributed by atoms with van der Waals surface area (Å²) in [5.74, 6) is -2.10. The number of aliphatic hydroxyl groups excluding tert-OH is 2.